The Bertz CT molecular complexity index is 481. The van der Waals surface area contributed by atoms with Crippen LogP contribution in [0.4, 0.5) is 0 Å². The van der Waals surface area contributed by atoms with Crippen LogP contribution in [0.2, 0.25) is 5.02 Å². The normalized spacial score (nSPS) is 31.4. The lowest BCUT2D eigenvalue weighted by Crippen LogP contribution is -2.48. The average Bonchev–Trinajstić information content (AvgIpc) is 2.79. The van der Waals surface area contributed by atoms with Crippen molar-refractivity contribution in [2.45, 2.75) is 43.7 Å². The maximum Gasteiger partial charge on any atom is 0.0715 e. The number of hydrogen-bond donors (Lipinski definition) is 1. The van der Waals surface area contributed by atoms with Gasteiger partial charge >= 0.3 is 0 Å². The third kappa shape index (κ3) is 2.99. The van der Waals surface area contributed by atoms with E-state index in [-0.39, 0.29) is 0 Å². The standard InChI is InChI=1S/C15H19BrClNO/c16-12-4-3-11(14(17)8-12)9-15(19)5-7-18-6-1-2-13(18)10-15/h3-4,8,13,19H,1-2,5-7,9-10H2. The van der Waals surface area contributed by atoms with Gasteiger partial charge in [0.15, 0.2) is 0 Å². The van der Waals surface area contributed by atoms with Crippen LogP contribution < -0.4 is 0 Å². The SMILES string of the molecule is OC1(Cc2ccc(Br)cc2Cl)CCN2CCCC2C1. The predicted octanol–water partition coefficient (Wildman–Crippen LogP) is 3.63. The van der Waals surface area contributed by atoms with Crippen LogP contribution in [0.3, 0.4) is 0 Å². The summed E-state index contributed by atoms with van der Waals surface area (Å²) in [6, 6.07) is 6.50. The Hall–Kier alpha value is -0.0900. The second-order valence-corrected chi connectivity index (χ2v) is 7.25. The van der Waals surface area contributed by atoms with Crippen LogP contribution in [-0.4, -0.2) is 34.7 Å². The van der Waals surface area contributed by atoms with Gasteiger partial charge in [0.25, 0.3) is 0 Å². The van der Waals surface area contributed by atoms with Crippen molar-refractivity contribution in [3.8, 4) is 0 Å². The Morgan fingerprint density at radius 1 is 1.42 bits per heavy atom. The summed E-state index contributed by atoms with van der Waals surface area (Å²) < 4.78 is 0.985. The zero-order valence-corrected chi connectivity index (χ0v) is 13.3. The molecule has 2 fully saturated rings. The quantitative estimate of drug-likeness (QED) is 0.885. The highest BCUT2D eigenvalue weighted by Crippen LogP contribution is 2.36. The molecule has 104 valence electrons. The van der Waals surface area contributed by atoms with E-state index in [1.54, 1.807) is 0 Å². The number of benzene rings is 1. The number of nitrogens with zero attached hydrogens (tertiary/aromatic N) is 1. The second-order valence-electron chi connectivity index (χ2n) is 5.92. The van der Waals surface area contributed by atoms with Crippen molar-refractivity contribution < 1.29 is 5.11 Å². The van der Waals surface area contributed by atoms with Crippen LogP contribution in [-0.2, 0) is 6.42 Å². The number of aliphatic hydroxyl groups is 1. The predicted molar refractivity (Wildman–Crippen MR) is 81.6 cm³/mol. The third-order valence-electron chi connectivity index (χ3n) is 4.51. The fraction of sp³-hybridized carbons (Fsp3) is 0.600. The summed E-state index contributed by atoms with van der Waals surface area (Å²) >= 11 is 9.69. The van der Waals surface area contributed by atoms with E-state index in [4.69, 9.17) is 11.6 Å². The van der Waals surface area contributed by atoms with Crippen LogP contribution in [0, 0.1) is 0 Å². The summed E-state index contributed by atoms with van der Waals surface area (Å²) in [4.78, 5) is 2.53. The molecule has 0 radical (unpaired) electrons. The maximum absolute atomic E-state index is 10.9. The Labute approximate surface area is 127 Å². The molecule has 2 atom stereocenters. The van der Waals surface area contributed by atoms with Crippen molar-refractivity contribution >= 4 is 27.5 Å². The molecular formula is C15H19BrClNO. The third-order valence-corrected chi connectivity index (χ3v) is 5.36. The first-order valence-electron chi connectivity index (χ1n) is 6.96. The molecule has 19 heavy (non-hydrogen) atoms. The minimum absolute atomic E-state index is 0.577. The van der Waals surface area contributed by atoms with Crippen LogP contribution in [0.5, 0.6) is 0 Å². The summed E-state index contributed by atoms with van der Waals surface area (Å²) in [5.41, 5.74) is 0.474. The van der Waals surface area contributed by atoms with E-state index in [0.717, 1.165) is 34.4 Å². The molecule has 2 aliphatic rings. The first kappa shape index (κ1) is 13.9. The molecule has 2 unspecified atom stereocenters. The first-order valence-corrected chi connectivity index (χ1v) is 8.13. The first-order chi connectivity index (χ1) is 9.06. The lowest BCUT2D eigenvalue weighted by atomic mass is 9.82. The Morgan fingerprint density at radius 2 is 2.26 bits per heavy atom. The summed E-state index contributed by atoms with van der Waals surface area (Å²) in [6.07, 6.45) is 4.93. The largest absolute Gasteiger partial charge is 0.389 e. The number of piperidine rings is 1. The zero-order chi connectivity index (χ0) is 13.5. The van der Waals surface area contributed by atoms with Gasteiger partial charge in [0.1, 0.15) is 0 Å². The fourth-order valence-corrected chi connectivity index (χ4v) is 4.23. The van der Waals surface area contributed by atoms with Crippen molar-refractivity contribution in [1.82, 2.24) is 4.90 Å². The highest BCUT2D eigenvalue weighted by atomic mass is 79.9. The molecule has 1 aromatic carbocycles. The molecule has 0 amide bonds. The van der Waals surface area contributed by atoms with Gasteiger partial charge in [0.05, 0.1) is 5.60 Å². The van der Waals surface area contributed by atoms with E-state index in [0.29, 0.717) is 12.5 Å². The van der Waals surface area contributed by atoms with Crippen LogP contribution in [0.1, 0.15) is 31.2 Å². The lowest BCUT2D eigenvalue weighted by Gasteiger charge is -2.41. The van der Waals surface area contributed by atoms with Gasteiger partial charge in [-0.3, -0.25) is 0 Å². The number of fused-ring (bicyclic) bond motifs is 1. The highest BCUT2D eigenvalue weighted by Gasteiger charge is 2.40. The van der Waals surface area contributed by atoms with E-state index in [2.05, 4.69) is 20.8 Å². The van der Waals surface area contributed by atoms with Crippen molar-refractivity contribution in [2.75, 3.05) is 13.1 Å². The van der Waals surface area contributed by atoms with Crippen LogP contribution in [0.25, 0.3) is 0 Å². The molecule has 2 saturated heterocycles. The zero-order valence-electron chi connectivity index (χ0n) is 10.9. The average molecular weight is 345 g/mol. The summed E-state index contributed by atoms with van der Waals surface area (Å²) in [5.74, 6) is 0. The van der Waals surface area contributed by atoms with Gasteiger partial charge < -0.3 is 10.0 Å². The Morgan fingerprint density at radius 3 is 3.05 bits per heavy atom. The fourth-order valence-electron chi connectivity index (χ4n) is 3.49. The van der Waals surface area contributed by atoms with Gasteiger partial charge in [0.2, 0.25) is 0 Å². The van der Waals surface area contributed by atoms with E-state index in [1.807, 2.05) is 18.2 Å². The molecule has 3 rings (SSSR count). The summed E-state index contributed by atoms with van der Waals surface area (Å²) in [6.45, 7) is 2.23. The molecule has 0 bridgehead atoms. The monoisotopic (exact) mass is 343 g/mol. The van der Waals surface area contributed by atoms with Crippen molar-refractivity contribution in [2.24, 2.45) is 0 Å². The highest BCUT2D eigenvalue weighted by molar-refractivity contribution is 9.10. The van der Waals surface area contributed by atoms with Crippen molar-refractivity contribution in [3.05, 3.63) is 33.3 Å². The minimum Gasteiger partial charge on any atom is -0.389 e. The minimum atomic E-state index is -0.580. The molecule has 0 spiro atoms. The van der Waals surface area contributed by atoms with Crippen molar-refractivity contribution in [1.29, 1.82) is 0 Å². The Balaban J connectivity index is 1.74. The van der Waals surface area contributed by atoms with E-state index in [9.17, 15) is 5.11 Å². The maximum atomic E-state index is 10.9. The molecule has 1 aromatic rings. The molecule has 4 heteroatoms. The molecular weight excluding hydrogens is 326 g/mol. The smallest absolute Gasteiger partial charge is 0.0715 e. The second kappa shape index (κ2) is 5.36. The lowest BCUT2D eigenvalue weighted by molar-refractivity contribution is -0.0353. The van der Waals surface area contributed by atoms with Gasteiger partial charge in [0, 0.05) is 28.5 Å². The molecule has 0 aliphatic carbocycles. The van der Waals surface area contributed by atoms with Gasteiger partial charge in [-0.05, 0) is 49.9 Å². The molecule has 2 nitrogen and oxygen atoms in total. The van der Waals surface area contributed by atoms with E-state index < -0.39 is 5.60 Å². The van der Waals surface area contributed by atoms with E-state index >= 15 is 0 Å². The van der Waals surface area contributed by atoms with Gasteiger partial charge in [-0.1, -0.05) is 33.6 Å². The summed E-state index contributed by atoms with van der Waals surface area (Å²) in [7, 11) is 0. The molecule has 0 saturated carbocycles. The molecule has 1 N–H and O–H groups in total. The topological polar surface area (TPSA) is 23.5 Å². The molecule has 2 heterocycles. The van der Waals surface area contributed by atoms with Crippen LogP contribution in [0.15, 0.2) is 22.7 Å². The van der Waals surface area contributed by atoms with E-state index in [1.165, 1.54) is 19.4 Å². The summed E-state index contributed by atoms with van der Waals surface area (Å²) in [5, 5.41) is 11.6. The van der Waals surface area contributed by atoms with Gasteiger partial charge in [-0.2, -0.15) is 0 Å². The van der Waals surface area contributed by atoms with Gasteiger partial charge in [-0.15, -0.1) is 0 Å². The van der Waals surface area contributed by atoms with Crippen molar-refractivity contribution in [3.63, 3.8) is 0 Å². The van der Waals surface area contributed by atoms with Crippen LogP contribution >= 0.6 is 27.5 Å². The molecule has 0 aromatic heterocycles. The van der Waals surface area contributed by atoms with Gasteiger partial charge in [-0.25, -0.2) is 0 Å². The number of halogens is 2. The number of hydrogen-bond acceptors (Lipinski definition) is 2. The molecule has 2 aliphatic heterocycles. The number of rotatable bonds is 2. The Kier molecular flexibility index (Phi) is 3.91.